The standard InChI is InChI=1S/C29H28N4O4/c1-37-22-12-10-20(11-13-22)28(35)31-26-9-5-3-7-24(26)29(36)33-16-14-32(15-17-33)27(34)18-21-19-30-25-8-4-2-6-23(21)25/h2-13,19,30H,14-18H2,1H3,(H,31,35). The SMILES string of the molecule is COc1ccc(C(=O)Nc2ccccc2C(=O)N2CCN(C(=O)Cc3c[nH]c4ccccc34)CC2)cc1. The zero-order chi connectivity index (χ0) is 25.8. The molecule has 0 radical (unpaired) electrons. The number of aromatic nitrogens is 1. The quantitative estimate of drug-likeness (QED) is 0.423. The van der Waals surface area contributed by atoms with Gasteiger partial charge in [0.25, 0.3) is 11.8 Å². The lowest BCUT2D eigenvalue weighted by molar-refractivity contribution is -0.131. The number of carbonyl (C=O) groups excluding carboxylic acids is 3. The first-order chi connectivity index (χ1) is 18.0. The lowest BCUT2D eigenvalue weighted by atomic mass is 10.1. The Balaban J connectivity index is 1.21. The number of para-hydroxylation sites is 2. The van der Waals surface area contributed by atoms with Crippen molar-refractivity contribution < 1.29 is 19.1 Å². The maximum Gasteiger partial charge on any atom is 0.256 e. The van der Waals surface area contributed by atoms with Crippen LogP contribution in [0.2, 0.25) is 0 Å². The molecule has 2 heterocycles. The Morgan fingerprint density at radius 2 is 1.54 bits per heavy atom. The summed E-state index contributed by atoms with van der Waals surface area (Å²) in [6.07, 6.45) is 2.21. The highest BCUT2D eigenvalue weighted by Crippen LogP contribution is 2.22. The molecule has 1 aliphatic heterocycles. The number of piperazine rings is 1. The number of carbonyl (C=O) groups is 3. The average Bonchev–Trinajstić information content (AvgIpc) is 3.35. The van der Waals surface area contributed by atoms with Crippen LogP contribution in [0.1, 0.15) is 26.3 Å². The Morgan fingerprint density at radius 3 is 2.30 bits per heavy atom. The molecule has 0 aliphatic carbocycles. The number of rotatable bonds is 6. The number of nitrogens with one attached hydrogen (secondary N) is 2. The Kier molecular flexibility index (Phi) is 6.89. The van der Waals surface area contributed by atoms with Crippen molar-refractivity contribution in [3.63, 3.8) is 0 Å². The van der Waals surface area contributed by atoms with Crippen LogP contribution in [0.25, 0.3) is 10.9 Å². The Bertz CT molecular complexity index is 1440. The molecule has 0 saturated carbocycles. The molecule has 0 unspecified atom stereocenters. The fourth-order valence-corrected chi connectivity index (χ4v) is 4.60. The molecule has 1 fully saturated rings. The van der Waals surface area contributed by atoms with Gasteiger partial charge in [0.2, 0.25) is 5.91 Å². The summed E-state index contributed by atoms with van der Waals surface area (Å²) in [4.78, 5) is 45.8. The van der Waals surface area contributed by atoms with Gasteiger partial charge in [-0.1, -0.05) is 30.3 Å². The van der Waals surface area contributed by atoms with E-state index in [9.17, 15) is 14.4 Å². The number of hydrogen-bond acceptors (Lipinski definition) is 4. The molecule has 0 atom stereocenters. The van der Waals surface area contributed by atoms with Crippen LogP contribution >= 0.6 is 0 Å². The summed E-state index contributed by atoms with van der Waals surface area (Å²) in [5, 5.41) is 3.91. The molecule has 0 spiro atoms. The van der Waals surface area contributed by atoms with E-state index < -0.39 is 0 Å². The third kappa shape index (κ3) is 5.18. The second kappa shape index (κ2) is 10.6. The van der Waals surface area contributed by atoms with Gasteiger partial charge in [0.1, 0.15) is 5.75 Å². The summed E-state index contributed by atoms with van der Waals surface area (Å²) in [5.74, 6) is 0.222. The van der Waals surface area contributed by atoms with E-state index in [1.165, 1.54) is 0 Å². The van der Waals surface area contributed by atoms with Crippen molar-refractivity contribution in [2.75, 3.05) is 38.6 Å². The fourth-order valence-electron chi connectivity index (χ4n) is 4.60. The average molecular weight is 497 g/mol. The van der Waals surface area contributed by atoms with Gasteiger partial charge >= 0.3 is 0 Å². The van der Waals surface area contributed by atoms with Crippen LogP contribution in [0.4, 0.5) is 5.69 Å². The minimum absolute atomic E-state index is 0.0454. The highest BCUT2D eigenvalue weighted by molar-refractivity contribution is 6.09. The lowest BCUT2D eigenvalue weighted by Gasteiger charge is -2.35. The fraction of sp³-hybridized carbons (Fsp3) is 0.207. The number of aromatic amines is 1. The van der Waals surface area contributed by atoms with Crippen LogP contribution in [0.5, 0.6) is 5.75 Å². The summed E-state index contributed by atoms with van der Waals surface area (Å²) in [5.41, 5.74) is 3.32. The molecule has 1 aliphatic rings. The van der Waals surface area contributed by atoms with Gasteiger partial charge in [0, 0.05) is 48.8 Å². The summed E-state index contributed by atoms with van der Waals surface area (Å²) in [6, 6.07) is 21.7. The highest BCUT2D eigenvalue weighted by Gasteiger charge is 2.27. The zero-order valence-corrected chi connectivity index (χ0v) is 20.6. The monoisotopic (exact) mass is 496 g/mol. The third-order valence-corrected chi connectivity index (χ3v) is 6.69. The number of anilines is 1. The lowest BCUT2D eigenvalue weighted by Crippen LogP contribution is -2.51. The van der Waals surface area contributed by atoms with Crippen molar-refractivity contribution in [2.45, 2.75) is 6.42 Å². The minimum atomic E-state index is -0.310. The van der Waals surface area contributed by atoms with Gasteiger partial charge in [-0.2, -0.15) is 0 Å². The van der Waals surface area contributed by atoms with E-state index in [1.807, 2.05) is 35.4 Å². The molecular weight excluding hydrogens is 468 g/mol. The molecule has 8 heteroatoms. The number of fused-ring (bicyclic) bond motifs is 1. The van der Waals surface area contributed by atoms with E-state index in [-0.39, 0.29) is 17.7 Å². The molecule has 0 bridgehead atoms. The molecule has 8 nitrogen and oxygen atoms in total. The smallest absolute Gasteiger partial charge is 0.256 e. The van der Waals surface area contributed by atoms with Crippen molar-refractivity contribution >= 4 is 34.3 Å². The van der Waals surface area contributed by atoms with E-state index in [4.69, 9.17) is 4.74 Å². The maximum absolute atomic E-state index is 13.4. The van der Waals surface area contributed by atoms with E-state index in [0.29, 0.717) is 55.2 Å². The second-order valence-corrected chi connectivity index (χ2v) is 8.94. The van der Waals surface area contributed by atoms with Crippen LogP contribution in [0.15, 0.2) is 79.0 Å². The van der Waals surface area contributed by atoms with Crippen LogP contribution in [-0.2, 0) is 11.2 Å². The molecule has 4 aromatic rings. The molecule has 5 rings (SSSR count). The van der Waals surface area contributed by atoms with E-state index in [0.717, 1.165) is 16.5 Å². The maximum atomic E-state index is 13.4. The summed E-state index contributed by atoms with van der Waals surface area (Å²) >= 11 is 0. The predicted molar refractivity (Wildman–Crippen MR) is 142 cm³/mol. The first-order valence-electron chi connectivity index (χ1n) is 12.2. The Labute approximate surface area is 214 Å². The molecular formula is C29H28N4O4. The number of nitrogens with zero attached hydrogens (tertiary/aromatic N) is 2. The Morgan fingerprint density at radius 1 is 0.865 bits per heavy atom. The molecule has 1 saturated heterocycles. The summed E-state index contributed by atoms with van der Waals surface area (Å²) < 4.78 is 5.14. The number of methoxy groups -OCH3 is 1. The third-order valence-electron chi connectivity index (χ3n) is 6.69. The molecule has 37 heavy (non-hydrogen) atoms. The van der Waals surface area contributed by atoms with Gasteiger partial charge in [-0.3, -0.25) is 14.4 Å². The van der Waals surface area contributed by atoms with E-state index in [2.05, 4.69) is 10.3 Å². The number of H-pyrrole nitrogens is 1. The molecule has 188 valence electrons. The minimum Gasteiger partial charge on any atom is -0.497 e. The molecule has 3 amide bonds. The van der Waals surface area contributed by atoms with Crippen LogP contribution in [-0.4, -0.2) is 65.8 Å². The molecule has 2 N–H and O–H groups in total. The van der Waals surface area contributed by atoms with Gasteiger partial charge in [-0.15, -0.1) is 0 Å². The topological polar surface area (TPSA) is 94.7 Å². The first kappa shape index (κ1) is 24.1. The van der Waals surface area contributed by atoms with Crippen molar-refractivity contribution in [2.24, 2.45) is 0 Å². The molecule has 3 aromatic carbocycles. The number of amides is 3. The van der Waals surface area contributed by atoms with Crippen molar-refractivity contribution in [1.29, 1.82) is 0 Å². The van der Waals surface area contributed by atoms with Gasteiger partial charge in [-0.05, 0) is 48.0 Å². The normalized spacial score (nSPS) is 13.4. The summed E-state index contributed by atoms with van der Waals surface area (Å²) in [6.45, 7) is 1.79. The molecule has 1 aromatic heterocycles. The number of hydrogen-bond donors (Lipinski definition) is 2. The number of ether oxygens (including phenoxy) is 1. The highest BCUT2D eigenvalue weighted by atomic mass is 16.5. The van der Waals surface area contributed by atoms with Crippen LogP contribution in [0.3, 0.4) is 0 Å². The largest absolute Gasteiger partial charge is 0.497 e. The first-order valence-corrected chi connectivity index (χ1v) is 12.2. The number of benzene rings is 3. The summed E-state index contributed by atoms with van der Waals surface area (Å²) in [7, 11) is 1.57. The van der Waals surface area contributed by atoms with Gasteiger partial charge < -0.3 is 24.8 Å². The van der Waals surface area contributed by atoms with Crippen LogP contribution in [0, 0.1) is 0 Å². The van der Waals surface area contributed by atoms with E-state index in [1.54, 1.807) is 60.5 Å². The van der Waals surface area contributed by atoms with Crippen molar-refractivity contribution in [1.82, 2.24) is 14.8 Å². The second-order valence-electron chi connectivity index (χ2n) is 8.94. The van der Waals surface area contributed by atoms with Gasteiger partial charge in [-0.25, -0.2) is 0 Å². The van der Waals surface area contributed by atoms with E-state index >= 15 is 0 Å². The zero-order valence-electron chi connectivity index (χ0n) is 20.6. The predicted octanol–water partition coefficient (Wildman–Crippen LogP) is 3.96. The van der Waals surface area contributed by atoms with Crippen molar-refractivity contribution in [3.05, 3.63) is 95.7 Å². The van der Waals surface area contributed by atoms with Crippen LogP contribution < -0.4 is 10.1 Å². The van der Waals surface area contributed by atoms with Gasteiger partial charge in [0.05, 0.1) is 24.8 Å². The van der Waals surface area contributed by atoms with Crippen molar-refractivity contribution in [3.8, 4) is 5.75 Å². The Hall–Kier alpha value is -4.59. The van der Waals surface area contributed by atoms with Gasteiger partial charge in [0.15, 0.2) is 0 Å².